The average molecular weight is 566 g/mol. The molecule has 0 radical (unpaired) electrons. The first kappa shape index (κ1) is 31.2. The van der Waals surface area contributed by atoms with Crippen LogP contribution < -0.4 is 11.1 Å². The van der Waals surface area contributed by atoms with Gasteiger partial charge in [-0.05, 0) is 92.7 Å². The quantitative estimate of drug-likeness (QED) is 0.209. The van der Waals surface area contributed by atoms with E-state index in [0.717, 1.165) is 60.6 Å². The number of ether oxygens (including phenoxy) is 1. The average Bonchev–Trinajstić information content (AvgIpc) is 3.29. The number of nitrogens with zero attached hydrogens (tertiary/aromatic N) is 5. The van der Waals surface area contributed by atoms with Crippen LogP contribution in [0.15, 0.2) is 24.3 Å². The molecule has 0 aliphatic heterocycles. The van der Waals surface area contributed by atoms with E-state index in [4.69, 9.17) is 15.5 Å². The Hall–Kier alpha value is -2.75. The van der Waals surface area contributed by atoms with Crippen LogP contribution in [-0.2, 0) is 22.6 Å². The van der Waals surface area contributed by atoms with Crippen LogP contribution in [0.5, 0.6) is 0 Å². The summed E-state index contributed by atoms with van der Waals surface area (Å²) in [4.78, 5) is 27.2. The molecule has 2 aromatic heterocycles. The zero-order valence-corrected chi connectivity index (χ0v) is 26.1. The molecular weight excluding hydrogens is 514 g/mol. The number of para-hydroxylation sites is 1. The summed E-state index contributed by atoms with van der Waals surface area (Å²) in [6, 6.07) is 9.39. The van der Waals surface area contributed by atoms with Gasteiger partial charge in [0.15, 0.2) is 5.82 Å². The van der Waals surface area contributed by atoms with Gasteiger partial charge in [-0.1, -0.05) is 31.5 Å². The number of rotatable bonds is 14. The molecule has 0 amide bonds. The SMILES string of the molecule is CCNCc1nc2c(N)nc3ccccc3c2n1CC(C)(C)OC(=O)CCCCCN(C)C1CCC(N(C)C)CC1. The predicted octanol–water partition coefficient (Wildman–Crippen LogP) is 4.96. The lowest BCUT2D eigenvalue weighted by Gasteiger charge is -2.37. The topological polar surface area (TPSA) is 102 Å². The van der Waals surface area contributed by atoms with Crippen LogP contribution in [-0.4, -0.2) is 82.2 Å². The van der Waals surface area contributed by atoms with Gasteiger partial charge in [0, 0.05) is 23.9 Å². The first-order chi connectivity index (χ1) is 19.6. The Bertz CT molecular complexity index is 1290. The molecule has 1 saturated carbocycles. The fourth-order valence-corrected chi connectivity index (χ4v) is 6.22. The zero-order chi connectivity index (χ0) is 29.6. The number of imidazole rings is 1. The van der Waals surface area contributed by atoms with Crippen LogP contribution in [0.25, 0.3) is 21.9 Å². The van der Waals surface area contributed by atoms with E-state index in [9.17, 15) is 4.79 Å². The van der Waals surface area contributed by atoms with E-state index >= 15 is 0 Å². The highest BCUT2D eigenvalue weighted by atomic mass is 16.6. The maximum Gasteiger partial charge on any atom is 0.306 e. The van der Waals surface area contributed by atoms with E-state index in [0.29, 0.717) is 36.9 Å². The number of carbonyl (C=O) groups is 1. The number of esters is 1. The summed E-state index contributed by atoms with van der Waals surface area (Å²) in [6.45, 7) is 8.99. The molecule has 0 bridgehead atoms. The Balaban J connectivity index is 1.31. The molecule has 1 aliphatic rings. The molecule has 41 heavy (non-hydrogen) atoms. The third-order valence-corrected chi connectivity index (χ3v) is 8.56. The van der Waals surface area contributed by atoms with Crippen LogP contribution in [0.1, 0.15) is 78.0 Å². The Kier molecular flexibility index (Phi) is 10.6. The molecule has 9 nitrogen and oxygen atoms in total. The molecule has 9 heteroatoms. The second kappa shape index (κ2) is 13.9. The zero-order valence-electron chi connectivity index (χ0n) is 26.1. The van der Waals surface area contributed by atoms with Gasteiger partial charge in [-0.2, -0.15) is 0 Å². The molecule has 2 heterocycles. The lowest BCUT2D eigenvalue weighted by atomic mass is 9.89. The van der Waals surface area contributed by atoms with Crippen molar-refractivity contribution in [2.24, 2.45) is 0 Å². The highest BCUT2D eigenvalue weighted by molar-refractivity contribution is 6.06. The normalized spacial score (nSPS) is 18.1. The van der Waals surface area contributed by atoms with E-state index in [-0.39, 0.29) is 5.97 Å². The molecule has 0 saturated heterocycles. The summed E-state index contributed by atoms with van der Waals surface area (Å²) in [5, 5.41) is 4.37. The largest absolute Gasteiger partial charge is 0.458 e. The minimum atomic E-state index is -0.712. The molecule has 0 atom stereocenters. The van der Waals surface area contributed by atoms with Crippen molar-refractivity contribution in [3.63, 3.8) is 0 Å². The van der Waals surface area contributed by atoms with Crippen molar-refractivity contribution in [2.45, 2.75) is 103 Å². The van der Waals surface area contributed by atoms with Crippen molar-refractivity contribution in [3.8, 4) is 0 Å². The van der Waals surface area contributed by atoms with Gasteiger partial charge in [-0.25, -0.2) is 9.97 Å². The summed E-state index contributed by atoms with van der Waals surface area (Å²) in [5.74, 6) is 1.13. The molecular formula is C32H51N7O2. The molecule has 1 fully saturated rings. The molecule has 3 N–H and O–H groups in total. The summed E-state index contributed by atoms with van der Waals surface area (Å²) in [6.07, 6.45) is 8.57. The standard InChI is InChI=1S/C32H51N7O2/c1-7-34-21-27-36-29-30(25-13-10-11-14-26(25)35-31(29)33)39(27)22-32(2,3)41-28(40)15-9-8-12-20-38(6)24-18-16-23(17-19-24)37(4)5/h10-11,13-14,23-24,34H,7-9,12,15-22H2,1-6H3,(H2,33,35). The highest BCUT2D eigenvalue weighted by Crippen LogP contribution is 2.31. The second-order valence-corrected chi connectivity index (χ2v) is 12.6. The number of nitrogen functional groups attached to an aromatic ring is 1. The van der Waals surface area contributed by atoms with Crippen LogP contribution in [0.3, 0.4) is 0 Å². The van der Waals surface area contributed by atoms with Gasteiger partial charge in [0.05, 0.1) is 24.1 Å². The van der Waals surface area contributed by atoms with Crippen LogP contribution in [0.2, 0.25) is 0 Å². The monoisotopic (exact) mass is 565 g/mol. The van der Waals surface area contributed by atoms with E-state index < -0.39 is 5.60 Å². The number of nitrogens with two attached hydrogens (primary N) is 1. The summed E-state index contributed by atoms with van der Waals surface area (Å²) >= 11 is 0. The molecule has 1 aliphatic carbocycles. The molecule has 0 spiro atoms. The van der Waals surface area contributed by atoms with Gasteiger partial charge in [0.25, 0.3) is 0 Å². The molecule has 3 aromatic rings. The van der Waals surface area contributed by atoms with Crippen LogP contribution in [0.4, 0.5) is 5.82 Å². The molecule has 0 unspecified atom stereocenters. The Morgan fingerprint density at radius 1 is 1.07 bits per heavy atom. The van der Waals surface area contributed by atoms with Crippen molar-refractivity contribution in [2.75, 3.05) is 40.0 Å². The van der Waals surface area contributed by atoms with Crippen LogP contribution >= 0.6 is 0 Å². The van der Waals surface area contributed by atoms with E-state index in [1.54, 1.807) is 0 Å². The fraction of sp³-hybridized carbons (Fsp3) is 0.656. The second-order valence-electron chi connectivity index (χ2n) is 12.6. The number of carbonyl (C=O) groups excluding carboxylic acids is 1. The number of hydrogen-bond donors (Lipinski definition) is 2. The van der Waals surface area contributed by atoms with Gasteiger partial charge < -0.3 is 30.2 Å². The number of anilines is 1. The van der Waals surface area contributed by atoms with Crippen molar-refractivity contribution >= 4 is 33.7 Å². The highest BCUT2D eigenvalue weighted by Gasteiger charge is 2.28. The van der Waals surface area contributed by atoms with Crippen molar-refractivity contribution in [3.05, 3.63) is 30.1 Å². The minimum Gasteiger partial charge on any atom is -0.458 e. The van der Waals surface area contributed by atoms with E-state index in [2.05, 4.69) is 52.7 Å². The van der Waals surface area contributed by atoms with Gasteiger partial charge in [0.1, 0.15) is 16.9 Å². The molecule has 1 aromatic carbocycles. The van der Waals surface area contributed by atoms with Crippen molar-refractivity contribution in [1.29, 1.82) is 0 Å². The van der Waals surface area contributed by atoms with E-state index in [1.807, 2.05) is 38.1 Å². The van der Waals surface area contributed by atoms with Gasteiger partial charge in [0.2, 0.25) is 0 Å². The van der Waals surface area contributed by atoms with Gasteiger partial charge in [-0.15, -0.1) is 0 Å². The molecule has 4 rings (SSSR count). The number of benzene rings is 1. The number of fused-ring (bicyclic) bond motifs is 3. The van der Waals surface area contributed by atoms with Gasteiger partial charge in [-0.3, -0.25) is 4.79 Å². The predicted molar refractivity (Wildman–Crippen MR) is 168 cm³/mol. The summed E-state index contributed by atoms with van der Waals surface area (Å²) in [7, 11) is 6.64. The Morgan fingerprint density at radius 2 is 1.78 bits per heavy atom. The summed E-state index contributed by atoms with van der Waals surface area (Å²) in [5.41, 5.74) is 8.08. The van der Waals surface area contributed by atoms with Gasteiger partial charge >= 0.3 is 5.97 Å². The van der Waals surface area contributed by atoms with Crippen molar-refractivity contribution < 1.29 is 9.53 Å². The number of nitrogens with one attached hydrogen (secondary N) is 1. The maximum atomic E-state index is 12.9. The first-order valence-electron chi connectivity index (χ1n) is 15.4. The number of pyridine rings is 1. The maximum absolute atomic E-state index is 12.9. The Labute approximate surface area is 245 Å². The first-order valence-corrected chi connectivity index (χ1v) is 15.4. The summed E-state index contributed by atoms with van der Waals surface area (Å²) < 4.78 is 8.19. The van der Waals surface area contributed by atoms with E-state index in [1.165, 1.54) is 25.7 Å². The Morgan fingerprint density at radius 3 is 2.49 bits per heavy atom. The number of aromatic nitrogens is 3. The lowest BCUT2D eigenvalue weighted by molar-refractivity contribution is -0.157. The third kappa shape index (κ3) is 7.96. The van der Waals surface area contributed by atoms with Crippen LogP contribution in [0, 0.1) is 0 Å². The number of hydrogen-bond acceptors (Lipinski definition) is 8. The fourth-order valence-electron chi connectivity index (χ4n) is 6.22. The minimum absolute atomic E-state index is 0.144. The van der Waals surface area contributed by atoms with Crippen molar-refractivity contribution in [1.82, 2.24) is 29.7 Å². The number of unbranched alkanes of at least 4 members (excludes halogenated alkanes) is 2. The lowest BCUT2D eigenvalue weighted by Crippen LogP contribution is -2.40. The third-order valence-electron chi connectivity index (χ3n) is 8.56. The smallest absolute Gasteiger partial charge is 0.306 e. The molecule has 226 valence electrons.